The van der Waals surface area contributed by atoms with Crippen LogP contribution in [-0.4, -0.2) is 19.6 Å². The number of rotatable bonds is 4. The molecule has 1 fully saturated rings. The number of nitrogens with one attached hydrogen (secondary N) is 1. The van der Waals surface area contributed by atoms with Crippen molar-refractivity contribution in [2.24, 2.45) is 17.6 Å². The topological polar surface area (TPSA) is 64.3 Å². The lowest BCUT2D eigenvalue weighted by molar-refractivity contribution is -0.120. The van der Waals surface area contributed by atoms with Crippen molar-refractivity contribution in [2.45, 2.75) is 19.3 Å². The van der Waals surface area contributed by atoms with Gasteiger partial charge in [0.05, 0.1) is 12.8 Å². The van der Waals surface area contributed by atoms with Crippen molar-refractivity contribution in [3.63, 3.8) is 0 Å². The van der Waals surface area contributed by atoms with Crippen molar-refractivity contribution in [2.75, 3.05) is 19.0 Å². The molecule has 1 aliphatic rings. The van der Waals surface area contributed by atoms with Crippen LogP contribution in [0, 0.1) is 23.5 Å². The van der Waals surface area contributed by atoms with Crippen molar-refractivity contribution in [1.29, 1.82) is 0 Å². The Morgan fingerprint density at radius 2 is 2.15 bits per heavy atom. The summed E-state index contributed by atoms with van der Waals surface area (Å²) in [6.45, 7) is 0.428. The van der Waals surface area contributed by atoms with Gasteiger partial charge in [0.15, 0.2) is 17.4 Å². The summed E-state index contributed by atoms with van der Waals surface area (Å²) in [6.07, 6.45) is 2.56. The van der Waals surface area contributed by atoms with Gasteiger partial charge in [0, 0.05) is 18.1 Å². The summed E-state index contributed by atoms with van der Waals surface area (Å²) >= 11 is 0. The summed E-state index contributed by atoms with van der Waals surface area (Å²) < 4.78 is 32.0. The minimum atomic E-state index is -0.723. The molecule has 1 amide bonds. The van der Waals surface area contributed by atoms with E-state index in [1.807, 2.05) is 0 Å². The van der Waals surface area contributed by atoms with Crippen LogP contribution >= 0.6 is 0 Å². The van der Waals surface area contributed by atoms with Crippen LogP contribution in [0.15, 0.2) is 12.1 Å². The van der Waals surface area contributed by atoms with E-state index >= 15 is 0 Å². The highest BCUT2D eigenvalue weighted by atomic mass is 19.1. The van der Waals surface area contributed by atoms with E-state index in [2.05, 4.69) is 10.1 Å². The molecule has 0 unspecified atom stereocenters. The zero-order valence-electron chi connectivity index (χ0n) is 11.3. The van der Waals surface area contributed by atoms with Crippen LogP contribution < -0.4 is 15.8 Å². The second-order valence-electron chi connectivity index (χ2n) is 4.99. The smallest absolute Gasteiger partial charge is 0.227 e. The highest BCUT2D eigenvalue weighted by molar-refractivity contribution is 5.93. The predicted octanol–water partition coefficient (Wildman–Crippen LogP) is 2.29. The van der Waals surface area contributed by atoms with Crippen molar-refractivity contribution in [3.05, 3.63) is 23.8 Å². The van der Waals surface area contributed by atoms with Crippen LogP contribution in [0.2, 0.25) is 0 Å². The van der Waals surface area contributed by atoms with E-state index in [-0.39, 0.29) is 29.2 Å². The molecule has 1 aromatic rings. The van der Waals surface area contributed by atoms with Gasteiger partial charge in [-0.1, -0.05) is 6.42 Å². The highest BCUT2D eigenvalue weighted by Crippen LogP contribution is 2.32. The Morgan fingerprint density at radius 3 is 2.80 bits per heavy atom. The first kappa shape index (κ1) is 14.7. The number of halogens is 2. The minimum Gasteiger partial charge on any atom is -0.494 e. The number of benzene rings is 1. The Kier molecular flexibility index (Phi) is 4.54. The fourth-order valence-corrected chi connectivity index (χ4v) is 2.67. The lowest BCUT2D eigenvalue weighted by Gasteiger charge is -2.18. The number of ether oxygens (including phenoxy) is 1. The molecule has 0 bridgehead atoms. The number of anilines is 1. The monoisotopic (exact) mass is 284 g/mol. The third-order valence-corrected chi connectivity index (χ3v) is 3.80. The maximum absolute atomic E-state index is 13.8. The first-order valence-electron chi connectivity index (χ1n) is 6.60. The highest BCUT2D eigenvalue weighted by Gasteiger charge is 2.32. The molecular formula is C14H18F2N2O2. The van der Waals surface area contributed by atoms with Crippen molar-refractivity contribution >= 4 is 11.6 Å². The molecular weight excluding hydrogens is 266 g/mol. The van der Waals surface area contributed by atoms with Crippen molar-refractivity contribution < 1.29 is 18.3 Å². The predicted molar refractivity (Wildman–Crippen MR) is 71.4 cm³/mol. The number of nitrogens with two attached hydrogens (primary N) is 1. The lowest BCUT2D eigenvalue weighted by Crippen LogP contribution is -2.30. The molecule has 3 N–H and O–H groups in total. The van der Waals surface area contributed by atoms with Gasteiger partial charge in [-0.2, -0.15) is 0 Å². The summed E-state index contributed by atoms with van der Waals surface area (Å²) in [5, 5.41) is 2.44. The van der Waals surface area contributed by atoms with E-state index in [9.17, 15) is 13.6 Å². The molecule has 1 saturated carbocycles. The number of methoxy groups -OCH3 is 1. The summed E-state index contributed by atoms with van der Waals surface area (Å²) in [4.78, 5) is 12.1. The zero-order chi connectivity index (χ0) is 14.7. The van der Waals surface area contributed by atoms with Gasteiger partial charge >= 0.3 is 0 Å². The molecule has 0 saturated heterocycles. The van der Waals surface area contributed by atoms with E-state index in [0.29, 0.717) is 6.54 Å². The Balaban J connectivity index is 2.13. The van der Waals surface area contributed by atoms with E-state index < -0.39 is 11.6 Å². The molecule has 0 heterocycles. The van der Waals surface area contributed by atoms with Gasteiger partial charge < -0.3 is 15.8 Å². The normalized spacial score (nSPS) is 21.8. The molecule has 6 heteroatoms. The molecule has 0 aromatic heterocycles. The minimum absolute atomic E-state index is 0.112. The number of hydrogen-bond donors (Lipinski definition) is 2. The lowest BCUT2D eigenvalue weighted by atomic mass is 9.95. The van der Waals surface area contributed by atoms with E-state index in [0.717, 1.165) is 31.4 Å². The second-order valence-corrected chi connectivity index (χ2v) is 4.99. The van der Waals surface area contributed by atoms with Gasteiger partial charge in [-0.15, -0.1) is 0 Å². The SMILES string of the molecule is COc1cc(F)c(NC(=O)[C@@H]2CCC[C@@H]2CN)cc1F. The fraction of sp³-hybridized carbons (Fsp3) is 0.500. The molecule has 0 radical (unpaired) electrons. The van der Waals surface area contributed by atoms with E-state index in [4.69, 9.17) is 5.73 Å². The van der Waals surface area contributed by atoms with Crippen LogP contribution in [0.1, 0.15) is 19.3 Å². The molecule has 0 spiro atoms. The molecule has 0 aliphatic heterocycles. The molecule has 2 rings (SSSR count). The Morgan fingerprint density at radius 1 is 1.40 bits per heavy atom. The van der Waals surface area contributed by atoms with Gasteiger partial charge in [0.25, 0.3) is 0 Å². The standard InChI is InChI=1S/C14H18F2N2O2/c1-20-13-6-10(15)12(5-11(13)16)18-14(19)9-4-2-3-8(9)7-17/h5-6,8-9H,2-4,7,17H2,1H3,(H,18,19)/t8-,9-/m1/s1. The molecule has 4 nitrogen and oxygen atoms in total. The van der Waals surface area contributed by atoms with Gasteiger partial charge in [-0.05, 0) is 25.3 Å². The van der Waals surface area contributed by atoms with Crippen LogP contribution in [-0.2, 0) is 4.79 Å². The zero-order valence-corrected chi connectivity index (χ0v) is 11.3. The Labute approximate surface area is 116 Å². The quantitative estimate of drug-likeness (QED) is 0.891. The number of hydrogen-bond acceptors (Lipinski definition) is 3. The Bertz CT molecular complexity index is 508. The molecule has 110 valence electrons. The van der Waals surface area contributed by atoms with Crippen LogP contribution in [0.25, 0.3) is 0 Å². The first-order valence-corrected chi connectivity index (χ1v) is 6.60. The number of carbonyl (C=O) groups is 1. The van der Waals surface area contributed by atoms with Gasteiger partial charge in [-0.3, -0.25) is 4.79 Å². The average Bonchev–Trinajstić information content (AvgIpc) is 2.90. The van der Waals surface area contributed by atoms with Crippen LogP contribution in [0.5, 0.6) is 5.75 Å². The van der Waals surface area contributed by atoms with E-state index in [1.165, 1.54) is 7.11 Å². The maximum Gasteiger partial charge on any atom is 0.227 e. The maximum atomic E-state index is 13.8. The first-order chi connectivity index (χ1) is 9.56. The van der Waals surface area contributed by atoms with Gasteiger partial charge in [0.1, 0.15) is 0 Å². The molecule has 1 aromatic carbocycles. The van der Waals surface area contributed by atoms with E-state index in [1.54, 1.807) is 0 Å². The Hall–Kier alpha value is -1.69. The number of amides is 1. The summed E-state index contributed by atoms with van der Waals surface area (Å²) in [5.74, 6) is -2.06. The van der Waals surface area contributed by atoms with Crippen molar-refractivity contribution in [1.82, 2.24) is 0 Å². The largest absolute Gasteiger partial charge is 0.494 e. The van der Waals surface area contributed by atoms with Crippen LogP contribution in [0.4, 0.5) is 14.5 Å². The van der Waals surface area contributed by atoms with Crippen LogP contribution in [0.3, 0.4) is 0 Å². The summed E-state index contributed by atoms with van der Waals surface area (Å²) in [5.41, 5.74) is 5.45. The molecule has 20 heavy (non-hydrogen) atoms. The third-order valence-electron chi connectivity index (χ3n) is 3.80. The third kappa shape index (κ3) is 2.90. The fourth-order valence-electron chi connectivity index (χ4n) is 2.67. The molecule has 1 aliphatic carbocycles. The summed E-state index contributed by atoms with van der Waals surface area (Å²) in [6, 6.07) is 1.85. The average molecular weight is 284 g/mol. The van der Waals surface area contributed by atoms with Gasteiger partial charge in [-0.25, -0.2) is 8.78 Å². The molecule has 2 atom stereocenters. The summed E-state index contributed by atoms with van der Waals surface area (Å²) in [7, 11) is 1.25. The second kappa shape index (κ2) is 6.17. The van der Waals surface area contributed by atoms with Gasteiger partial charge in [0.2, 0.25) is 5.91 Å². The van der Waals surface area contributed by atoms with Crippen molar-refractivity contribution in [3.8, 4) is 5.75 Å². The number of carbonyl (C=O) groups excluding carboxylic acids is 1.